The first kappa shape index (κ1) is 10.6. The van der Waals surface area contributed by atoms with Gasteiger partial charge in [0.15, 0.2) is 0 Å². The molecular weight excluding hydrogens is 208 g/mol. The molecule has 1 aliphatic heterocycles. The van der Waals surface area contributed by atoms with Gasteiger partial charge in [-0.15, -0.1) is 0 Å². The summed E-state index contributed by atoms with van der Waals surface area (Å²) in [5, 5.41) is 0.710. The molecule has 2 N–H and O–H groups in total. The first-order valence-corrected chi connectivity index (χ1v) is 5.88. The Balaban J connectivity index is 2.01. The highest BCUT2D eigenvalue weighted by molar-refractivity contribution is 6.31. The number of rotatable bonds is 3. The Morgan fingerprint density at radius 3 is 2.80 bits per heavy atom. The molecule has 0 spiro atoms. The molecule has 0 unspecified atom stereocenters. The fraction of sp³-hybridized carbons (Fsp3) is 0.500. The van der Waals surface area contributed by atoms with Crippen molar-refractivity contribution in [3.63, 3.8) is 0 Å². The molecule has 0 amide bonds. The molecule has 0 aromatic heterocycles. The SMILES string of the molecule is CCCC1CN(c2ccc(Cl)cc2N)C1. The van der Waals surface area contributed by atoms with Crippen molar-refractivity contribution in [2.75, 3.05) is 23.7 Å². The van der Waals surface area contributed by atoms with Crippen LogP contribution in [0, 0.1) is 5.92 Å². The number of nitrogens with zero attached hydrogens (tertiary/aromatic N) is 1. The van der Waals surface area contributed by atoms with Gasteiger partial charge in [0, 0.05) is 18.1 Å². The summed E-state index contributed by atoms with van der Waals surface area (Å²) in [5.74, 6) is 0.852. The van der Waals surface area contributed by atoms with Crippen molar-refractivity contribution in [1.82, 2.24) is 0 Å². The Morgan fingerprint density at radius 2 is 2.20 bits per heavy atom. The summed E-state index contributed by atoms with van der Waals surface area (Å²) in [6.45, 7) is 4.51. The molecule has 0 aliphatic carbocycles. The molecule has 0 saturated carbocycles. The molecule has 1 aliphatic rings. The molecule has 1 aromatic rings. The lowest BCUT2D eigenvalue weighted by Crippen LogP contribution is -2.46. The van der Waals surface area contributed by atoms with Gasteiger partial charge in [-0.05, 0) is 30.5 Å². The molecule has 1 aromatic carbocycles. The first-order valence-electron chi connectivity index (χ1n) is 5.50. The van der Waals surface area contributed by atoms with Gasteiger partial charge in [-0.3, -0.25) is 0 Å². The first-order chi connectivity index (χ1) is 7.20. The zero-order valence-electron chi connectivity index (χ0n) is 9.04. The van der Waals surface area contributed by atoms with Crippen molar-refractivity contribution in [1.29, 1.82) is 0 Å². The van der Waals surface area contributed by atoms with Crippen LogP contribution < -0.4 is 10.6 Å². The van der Waals surface area contributed by atoms with Gasteiger partial charge in [-0.25, -0.2) is 0 Å². The molecule has 0 atom stereocenters. The van der Waals surface area contributed by atoms with Crippen LogP contribution in [0.5, 0.6) is 0 Å². The monoisotopic (exact) mass is 224 g/mol. The second kappa shape index (κ2) is 4.31. The van der Waals surface area contributed by atoms with E-state index in [9.17, 15) is 0 Å². The van der Waals surface area contributed by atoms with E-state index in [4.69, 9.17) is 17.3 Å². The van der Waals surface area contributed by atoms with Crippen LogP contribution in [0.2, 0.25) is 5.02 Å². The van der Waals surface area contributed by atoms with Gasteiger partial charge in [-0.2, -0.15) is 0 Å². The van der Waals surface area contributed by atoms with Crippen LogP contribution in [0.3, 0.4) is 0 Å². The van der Waals surface area contributed by atoms with E-state index in [1.54, 1.807) is 0 Å². The molecule has 2 rings (SSSR count). The smallest absolute Gasteiger partial charge is 0.0601 e. The number of nitrogen functional groups attached to an aromatic ring is 1. The lowest BCUT2D eigenvalue weighted by molar-refractivity contribution is 0.381. The average Bonchev–Trinajstić information content (AvgIpc) is 2.12. The lowest BCUT2D eigenvalue weighted by atomic mass is 9.94. The van der Waals surface area contributed by atoms with Gasteiger partial charge < -0.3 is 10.6 Å². The zero-order chi connectivity index (χ0) is 10.8. The standard InChI is InChI=1S/C12H17ClN2/c1-2-3-9-7-15(8-9)12-5-4-10(13)6-11(12)14/h4-6,9H,2-3,7-8,14H2,1H3. The molecule has 15 heavy (non-hydrogen) atoms. The summed E-state index contributed by atoms with van der Waals surface area (Å²) in [5.41, 5.74) is 7.85. The minimum Gasteiger partial charge on any atom is -0.397 e. The maximum Gasteiger partial charge on any atom is 0.0601 e. The Kier molecular flexibility index (Phi) is 3.06. The second-order valence-corrected chi connectivity index (χ2v) is 4.70. The van der Waals surface area contributed by atoms with E-state index >= 15 is 0 Å². The number of benzene rings is 1. The van der Waals surface area contributed by atoms with Crippen LogP contribution in [0.15, 0.2) is 18.2 Å². The van der Waals surface area contributed by atoms with E-state index < -0.39 is 0 Å². The number of nitrogens with two attached hydrogens (primary N) is 1. The Hall–Kier alpha value is -0.890. The van der Waals surface area contributed by atoms with Crippen molar-refractivity contribution < 1.29 is 0 Å². The molecule has 82 valence electrons. The summed E-state index contributed by atoms with van der Waals surface area (Å²) in [6, 6.07) is 5.74. The maximum absolute atomic E-state index is 5.93. The quantitative estimate of drug-likeness (QED) is 0.800. The molecule has 0 bridgehead atoms. The predicted molar refractivity (Wildman–Crippen MR) is 66.5 cm³/mol. The van der Waals surface area contributed by atoms with Crippen molar-refractivity contribution in [3.05, 3.63) is 23.2 Å². The summed E-state index contributed by atoms with van der Waals surface area (Å²) in [4.78, 5) is 2.33. The van der Waals surface area contributed by atoms with E-state index in [0.29, 0.717) is 5.02 Å². The molecule has 3 heteroatoms. The van der Waals surface area contributed by atoms with E-state index in [1.165, 1.54) is 12.8 Å². The van der Waals surface area contributed by atoms with Gasteiger partial charge in [0.2, 0.25) is 0 Å². The Bertz CT molecular complexity index is 345. The largest absolute Gasteiger partial charge is 0.397 e. The third kappa shape index (κ3) is 2.20. The fourth-order valence-electron chi connectivity index (χ4n) is 2.17. The summed E-state index contributed by atoms with van der Waals surface area (Å²) >= 11 is 5.86. The highest BCUT2D eigenvalue weighted by atomic mass is 35.5. The van der Waals surface area contributed by atoms with Gasteiger partial charge in [-0.1, -0.05) is 24.9 Å². The van der Waals surface area contributed by atoms with Gasteiger partial charge in [0.1, 0.15) is 0 Å². The van der Waals surface area contributed by atoms with Crippen LogP contribution in [-0.2, 0) is 0 Å². The molecule has 0 radical (unpaired) electrons. The van der Waals surface area contributed by atoms with Crippen LogP contribution in [0.25, 0.3) is 0 Å². The number of anilines is 2. The number of hydrogen-bond donors (Lipinski definition) is 1. The van der Waals surface area contributed by atoms with Crippen molar-refractivity contribution in [2.45, 2.75) is 19.8 Å². The van der Waals surface area contributed by atoms with Crippen molar-refractivity contribution >= 4 is 23.0 Å². The normalized spacial score (nSPS) is 16.5. The van der Waals surface area contributed by atoms with E-state index in [0.717, 1.165) is 30.4 Å². The second-order valence-electron chi connectivity index (χ2n) is 4.26. The highest BCUT2D eigenvalue weighted by Crippen LogP contribution is 2.32. The zero-order valence-corrected chi connectivity index (χ0v) is 9.80. The van der Waals surface area contributed by atoms with Crippen molar-refractivity contribution in [3.8, 4) is 0 Å². The van der Waals surface area contributed by atoms with Gasteiger partial charge in [0.05, 0.1) is 11.4 Å². The van der Waals surface area contributed by atoms with E-state index in [1.807, 2.05) is 18.2 Å². The number of halogens is 1. The van der Waals surface area contributed by atoms with Crippen LogP contribution >= 0.6 is 11.6 Å². The lowest BCUT2D eigenvalue weighted by Gasteiger charge is -2.41. The van der Waals surface area contributed by atoms with Crippen molar-refractivity contribution in [2.24, 2.45) is 5.92 Å². The van der Waals surface area contributed by atoms with Crippen LogP contribution in [0.1, 0.15) is 19.8 Å². The van der Waals surface area contributed by atoms with E-state index in [-0.39, 0.29) is 0 Å². The molecule has 1 heterocycles. The van der Waals surface area contributed by atoms with Gasteiger partial charge >= 0.3 is 0 Å². The Labute approximate surface area is 96.0 Å². The highest BCUT2D eigenvalue weighted by Gasteiger charge is 2.26. The third-order valence-electron chi connectivity index (χ3n) is 2.98. The van der Waals surface area contributed by atoms with Crippen LogP contribution in [0.4, 0.5) is 11.4 Å². The van der Waals surface area contributed by atoms with Crippen LogP contribution in [-0.4, -0.2) is 13.1 Å². The van der Waals surface area contributed by atoms with Gasteiger partial charge in [0.25, 0.3) is 0 Å². The minimum atomic E-state index is 0.710. The summed E-state index contributed by atoms with van der Waals surface area (Å²) < 4.78 is 0. The topological polar surface area (TPSA) is 29.3 Å². The molecular formula is C12H17ClN2. The number of hydrogen-bond acceptors (Lipinski definition) is 2. The molecule has 1 saturated heterocycles. The minimum absolute atomic E-state index is 0.710. The predicted octanol–water partition coefficient (Wildman–Crippen LogP) is 3.16. The molecule has 1 fully saturated rings. The summed E-state index contributed by atoms with van der Waals surface area (Å²) in [6.07, 6.45) is 2.60. The third-order valence-corrected chi connectivity index (χ3v) is 3.22. The average molecular weight is 225 g/mol. The maximum atomic E-state index is 5.93. The fourth-order valence-corrected chi connectivity index (χ4v) is 2.35. The van der Waals surface area contributed by atoms with E-state index in [2.05, 4.69) is 11.8 Å². The molecule has 2 nitrogen and oxygen atoms in total. The summed E-state index contributed by atoms with van der Waals surface area (Å²) in [7, 11) is 0. The Morgan fingerprint density at radius 1 is 1.47 bits per heavy atom.